The number of likely N-dealkylation sites (tertiary alicyclic amines) is 1. The van der Waals surface area contributed by atoms with Crippen LogP contribution in [-0.4, -0.2) is 27.5 Å². The van der Waals surface area contributed by atoms with E-state index in [9.17, 15) is 8.78 Å². The molecule has 1 aromatic heterocycles. The van der Waals surface area contributed by atoms with Gasteiger partial charge in [0.25, 0.3) is 0 Å². The van der Waals surface area contributed by atoms with Crippen molar-refractivity contribution in [3.63, 3.8) is 0 Å². The Kier molecular flexibility index (Phi) is 5.06. The van der Waals surface area contributed by atoms with Gasteiger partial charge >= 0.3 is 0 Å². The van der Waals surface area contributed by atoms with Crippen molar-refractivity contribution in [2.75, 3.05) is 13.1 Å². The van der Waals surface area contributed by atoms with E-state index >= 15 is 0 Å². The van der Waals surface area contributed by atoms with Crippen LogP contribution >= 0.6 is 0 Å². The smallest absolute Gasteiger partial charge is 0.126 e. The molecule has 2 heterocycles. The first-order valence-corrected chi connectivity index (χ1v) is 8.31. The first kappa shape index (κ1) is 16.1. The normalized spacial score (nSPS) is 16.8. The van der Waals surface area contributed by atoms with Crippen molar-refractivity contribution in [1.82, 2.24) is 14.5 Å². The summed E-state index contributed by atoms with van der Waals surface area (Å²) in [4.78, 5) is 6.65. The number of aromatic nitrogens is 2. The van der Waals surface area contributed by atoms with Crippen molar-refractivity contribution >= 4 is 0 Å². The highest BCUT2D eigenvalue weighted by Gasteiger charge is 2.20. The Balaban J connectivity index is 1.52. The summed E-state index contributed by atoms with van der Waals surface area (Å²) in [6.07, 6.45) is 7.10. The van der Waals surface area contributed by atoms with Crippen LogP contribution in [0.4, 0.5) is 8.78 Å². The lowest BCUT2D eigenvalue weighted by Gasteiger charge is -2.32. The van der Waals surface area contributed by atoms with Gasteiger partial charge in [0.15, 0.2) is 0 Å². The molecular weight excluding hydrogens is 296 g/mol. The van der Waals surface area contributed by atoms with E-state index in [1.54, 1.807) is 0 Å². The molecule has 2 aromatic rings. The predicted molar refractivity (Wildman–Crippen MR) is 86.0 cm³/mol. The molecule has 0 radical (unpaired) electrons. The Morgan fingerprint density at radius 1 is 1.13 bits per heavy atom. The highest BCUT2D eigenvalue weighted by Crippen LogP contribution is 2.22. The van der Waals surface area contributed by atoms with Crippen LogP contribution < -0.4 is 0 Å². The molecule has 124 valence electrons. The lowest BCUT2D eigenvalue weighted by atomic mass is 9.96. The first-order chi connectivity index (χ1) is 11.1. The van der Waals surface area contributed by atoms with Gasteiger partial charge in [-0.2, -0.15) is 0 Å². The minimum atomic E-state index is -0.498. The Bertz CT molecular complexity index is 625. The molecule has 0 unspecified atom stereocenters. The van der Waals surface area contributed by atoms with Crippen LogP contribution in [0.1, 0.15) is 31.2 Å². The van der Waals surface area contributed by atoms with Gasteiger partial charge in [0.1, 0.15) is 17.5 Å². The third-order valence-corrected chi connectivity index (χ3v) is 4.61. The molecule has 5 heteroatoms. The number of imidazole rings is 1. The molecule has 1 aliphatic rings. The number of nitrogens with zero attached hydrogens (tertiary/aromatic N) is 3. The van der Waals surface area contributed by atoms with Gasteiger partial charge < -0.3 is 4.57 Å². The Morgan fingerprint density at radius 3 is 2.48 bits per heavy atom. The third kappa shape index (κ3) is 4.16. The van der Waals surface area contributed by atoms with Gasteiger partial charge in [0.05, 0.1) is 0 Å². The van der Waals surface area contributed by atoms with Crippen LogP contribution in [0.2, 0.25) is 0 Å². The minimum Gasteiger partial charge on any atom is -0.335 e. The third-order valence-electron chi connectivity index (χ3n) is 4.61. The lowest BCUT2D eigenvalue weighted by Crippen LogP contribution is -2.34. The van der Waals surface area contributed by atoms with Gasteiger partial charge in [0, 0.05) is 38.0 Å². The van der Waals surface area contributed by atoms with Crippen LogP contribution in [0.3, 0.4) is 0 Å². The summed E-state index contributed by atoms with van der Waals surface area (Å²) in [6.45, 7) is 5.70. The van der Waals surface area contributed by atoms with Gasteiger partial charge in [-0.1, -0.05) is 6.92 Å². The van der Waals surface area contributed by atoms with Gasteiger partial charge in [-0.3, -0.25) is 4.90 Å². The lowest BCUT2D eigenvalue weighted by molar-refractivity contribution is 0.166. The average Bonchev–Trinajstić information content (AvgIpc) is 2.95. The number of aryl methyl sites for hydroxylation is 1. The number of piperidine rings is 1. The molecule has 1 aromatic carbocycles. The molecule has 1 saturated heterocycles. The molecule has 0 bridgehead atoms. The monoisotopic (exact) mass is 319 g/mol. The highest BCUT2D eigenvalue weighted by molar-refractivity contribution is 5.17. The number of rotatable bonds is 5. The molecule has 23 heavy (non-hydrogen) atoms. The number of hydrogen-bond donors (Lipinski definition) is 0. The minimum absolute atomic E-state index is 0.498. The van der Waals surface area contributed by atoms with Crippen LogP contribution in [0.25, 0.3) is 0 Å². The molecule has 1 fully saturated rings. The zero-order valence-electron chi connectivity index (χ0n) is 13.5. The molecule has 3 rings (SSSR count). The Hall–Kier alpha value is -1.75. The molecular formula is C18H23F2N3. The molecule has 1 aliphatic heterocycles. The van der Waals surface area contributed by atoms with Crippen LogP contribution in [0.5, 0.6) is 0 Å². The van der Waals surface area contributed by atoms with Crippen molar-refractivity contribution < 1.29 is 8.78 Å². The fraction of sp³-hybridized carbons (Fsp3) is 0.500. The second kappa shape index (κ2) is 7.21. The highest BCUT2D eigenvalue weighted by atomic mass is 19.1. The Morgan fingerprint density at radius 2 is 1.83 bits per heavy atom. The first-order valence-electron chi connectivity index (χ1n) is 8.31. The summed E-state index contributed by atoms with van der Waals surface area (Å²) in [5.74, 6) is 0.793. The van der Waals surface area contributed by atoms with Crippen LogP contribution in [-0.2, 0) is 19.5 Å². The summed E-state index contributed by atoms with van der Waals surface area (Å²) in [7, 11) is 0. The van der Waals surface area contributed by atoms with Crippen LogP contribution in [0.15, 0.2) is 30.6 Å². The second-order valence-corrected chi connectivity index (χ2v) is 6.35. The predicted octanol–water partition coefficient (Wildman–Crippen LogP) is 3.64. The van der Waals surface area contributed by atoms with E-state index < -0.39 is 11.6 Å². The van der Waals surface area contributed by atoms with Crippen molar-refractivity contribution in [2.45, 2.75) is 39.3 Å². The second-order valence-electron chi connectivity index (χ2n) is 6.35. The quantitative estimate of drug-likeness (QED) is 0.839. The summed E-state index contributed by atoms with van der Waals surface area (Å²) in [5, 5.41) is 0. The standard InChI is InChI=1S/C18H23F2N3/c1-2-18-21-5-8-23(18)13-14-3-6-22(7-4-14)12-15-9-16(19)11-17(20)10-15/h5,8-11,14H,2-4,6-7,12-13H2,1H3. The maximum Gasteiger partial charge on any atom is 0.126 e. The van der Waals surface area contributed by atoms with Crippen molar-refractivity contribution in [3.05, 3.63) is 53.6 Å². The molecule has 0 saturated carbocycles. The molecule has 0 amide bonds. The van der Waals surface area contributed by atoms with Gasteiger partial charge in [-0.15, -0.1) is 0 Å². The van der Waals surface area contributed by atoms with Gasteiger partial charge in [-0.05, 0) is 49.5 Å². The van der Waals surface area contributed by atoms with Crippen molar-refractivity contribution in [2.24, 2.45) is 5.92 Å². The fourth-order valence-electron chi connectivity index (χ4n) is 3.39. The summed E-state index contributed by atoms with van der Waals surface area (Å²) in [5.41, 5.74) is 0.712. The maximum absolute atomic E-state index is 13.3. The molecule has 0 aliphatic carbocycles. The zero-order valence-corrected chi connectivity index (χ0v) is 13.5. The zero-order chi connectivity index (χ0) is 16.2. The van der Waals surface area contributed by atoms with E-state index in [-0.39, 0.29) is 0 Å². The number of halogens is 2. The van der Waals surface area contributed by atoms with Crippen LogP contribution in [0, 0.1) is 17.6 Å². The largest absolute Gasteiger partial charge is 0.335 e. The molecule has 0 spiro atoms. The molecule has 0 atom stereocenters. The average molecular weight is 319 g/mol. The van der Waals surface area contributed by atoms with E-state index in [1.165, 1.54) is 12.1 Å². The van der Waals surface area contributed by atoms with E-state index in [0.29, 0.717) is 18.0 Å². The van der Waals surface area contributed by atoms with Crippen molar-refractivity contribution in [3.8, 4) is 0 Å². The van der Waals surface area contributed by atoms with Gasteiger partial charge in [0.2, 0.25) is 0 Å². The number of benzene rings is 1. The molecule has 0 N–H and O–H groups in total. The van der Waals surface area contributed by atoms with E-state index in [2.05, 4.69) is 27.6 Å². The van der Waals surface area contributed by atoms with E-state index in [0.717, 1.165) is 50.8 Å². The SMILES string of the molecule is CCc1nccn1CC1CCN(Cc2cc(F)cc(F)c2)CC1. The summed E-state index contributed by atoms with van der Waals surface area (Å²) < 4.78 is 28.8. The van der Waals surface area contributed by atoms with Gasteiger partial charge in [-0.25, -0.2) is 13.8 Å². The fourth-order valence-corrected chi connectivity index (χ4v) is 3.39. The molecule has 3 nitrogen and oxygen atoms in total. The van der Waals surface area contributed by atoms with E-state index in [4.69, 9.17) is 0 Å². The maximum atomic E-state index is 13.3. The summed E-state index contributed by atoms with van der Waals surface area (Å²) >= 11 is 0. The van der Waals surface area contributed by atoms with Crippen molar-refractivity contribution in [1.29, 1.82) is 0 Å². The summed E-state index contributed by atoms with van der Waals surface area (Å²) in [6, 6.07) is 3.77. The topological polar surface area (TPSA) is 21.1 Å². The van der Waals surface area contributed by atoms with E-state index in [1.807, 2.05) is 6.20 Å². The number of hydrogen-bond acceptors (Lipinski definition) is 2. The Labute approximate surface area is 135 Å².